The van der Waals surface area contributed by atoms with Crippen LogP contribution in [0.4, 0.5) is 5.69 Å². The smallest absolute Gasteiger partial charge is 0.247 e. The van der Waals surface area contributed by atoms with Crippen molar-refractivity contribution in [2.45, 2.75) is 31.3 Å². The molecule has 0 aliphatic carbocycles. The van der Waals surface area contributed by atoms with Crippen molar-refractivity contribution in [1.29, 1.82) is 0 Å². The minimum absolute atomic E-state index is 0.128. The molecule has 2 unspecified atom stereocenters. The van der Waals surface area contributed by atoms with Crippen LogP contribution in [0.25, 0.3) is 16.9 Å². The summed E-state index contributed by atoms with van der Waals surface area (Å²) in [6.45, 7) is 0.244. The number of aliphatic hydroxyl groups is 1. The van der Waals surface area contributed by atoms with Gasteiger partial charge in [0.15, 0.2) is 11.2 Å². The molecule has 5 rings (SSSR count). The van der Waals surface area contributed by atoms with Crippen molar-refractivity contribution < 1.29 is 17.6 Å². The summed E-state index contributed by atoms with van der Waals surface area (Å²) >= 11 is 1.83. The topological polar surface area (TPSA) is 125 Å². The van der Waals surface area contributed by atoms with Gasteiger partial charge in [0.05, 0.1) is 19.5 Å². The molecule has 11 nitrogen and oxygen atoms in total. The van der Waals surface area contributed by atoms with Gasteiger partial charge in [0.2, 0.25) is 11.7 Å². The van der Waals surface area contributed by atoms with Crippen LogP contribution in [0.2, 0.25) is 0 Å². The Morgan fingerprint density at radius 3 is 2.84 bits per heavy atom. The van der Waals surface area contributed by atoms with Crippen LogP contribution in [0.1, 0.15) is 18.2 Å². The Balaban J connectivity index is 1.43. The Hall–Kier alpha value is -2.68. The fourth-order valence-electron chi connectivity index (χ4n) is 3.86. The molecule has 4 heterocycles. The normalized spacial score (nSPS) is 20.9. The highest BCUT2D eigenvalue weighted by atomic mass is 127. The molecule has 1 saturated heterocycles. The number of nitroso groups, excluding NO2 is 1. The SMILES string of the molecule is O=Nc1ccc(CCOc2nc3nccn3c3c2ncn3C2C[C@H](OI)C(CO)O2)cc1. The average Bonchev–Trinajstić information content (AvgIpc) is 3.56. The molecule has 0 radical (unpaired) electrons. The first-order valence-electron chi connectivity index (χ1n) is 10.00. The summed E-state index contributed by atoms with van der Waals surface area (Å²) < 4.78 is 21.1. The Kier molecular flexibility index (Phi) is 5.99. The first kappa shape index (κ1) is 21.2. The number of rotatable bonds is 8. The molecular formula is C20H19IN6O5. The lowest BCUT2D eigenvalue weighted by Crippen LogP contribution is -2.25. The van der Waals surface area contributed by atoms with Crippen molar-refractivity contribution in [3.8, 4) is 5.88 Å². The number of fused-ring (bicyclic) bond motifs is 3. The van der Waals surface area contributed by atoms with Gasteiger partial charge in [-0.2, -0.15) is 4.98 Å². The standard InChI is InChI=1S/C20H19IN6O5/c21-32-14-9-16(31-15(14)10-28)27-11-23-17-18(24-20-22-6-7-26(20)19(17)27)30-8-5-12-1-3-13(25-29)4-2-12/h1-4,6-7,11,14-16,28H,5,8-10H2/t14-,15?,16?/m0/s1. The van der Waals surface area contributed by atoms with Crippen LogP contribution in [0.3, 0.4) is 0 Å². The van der Waals surface area contributed by atoms with Crippen molar-refractivity contribution in [1.82, 2.24) is 23.9 Å². The largest absolute Gasteiger partial charge is 0.476 e. The predicted octanol–water partition coefficient (Wildman–Crippen LogP) is 3.11. The molecular weight excluding hydrogens is 531 g/mol. The Bertz CT molecular complexity index is 1230. The fraction of sp³-hybridized carbons (Fsp3) is 0.350. The number of ether oxygens (including phenoxy) is 2. The van der Waals surface area contributed by atoms with Crippen LogP contribution in [0.5, 0.6) is 5.88 Å². The monoisotopic (exact) mass is 550 g/mol. The maximum Gasteiger partial charge on any atom is 0.247 e. The number of imidazole rings is 2. The van der Waals surface area contributed by atoms with E-state index in [9.17, 15) is 10.0 Å². The summed E-state index contributed by atoms with van der Waals surface area (Å²) in [5, 5.41) is 12.5. The Labute approximate surface area is 196 Å². The van der Waals surface area contributed by atoms with E-state index in [1.165, 1.54) is 0 Å². The molecule has 4 aromatic rings. The van der Waals surface area contributed by atoms with E-state index < -0.39 is 6.10 Å². The van der Waals surface area contributed by atoms with Gasteiger partial charge < -0.3 is 17.6 Å². The summed E-state index contributed by atoms with van der Waals surface area (Å²) in [5.74, 6) is 0.857. The van der Waals surface area contributed by atoms with E-state index in [1.54, 1.807) is 30.9 Å². The first-order valence-corrected chi connectivity index (χ1v) is 10.9. The van der Waals surface area contributed by atoms with Gasteiger partial charge in [0, 0.05) is 25.2 Å². The third-order valence-corrected chi connectivity index (χ3v) is 6.13. The predicted molar refractivity (Wildman–Crippen MR) is 122 cm³/mol. The lowest BCUT2D eigenvalue weighted by atomic mass is 10.1. The van der Waals surface area contributed by atoms with Crippen LogP contribution >= 0.6 is 23.0 Å². The van der Waals surface area contributed by atoms with Gasteiger partial charge in [0.25, 0.3) is 0 Å². The van der Waals surface area contributed by atoms with Crippen molar-refractivity contribution in [3.63, 3.8) is 0 Å². The molecule has 0 spiro atoms. The number of hydrogen-bond donors (Lipinski definition) is 1. The van der Waals surface area contributed by atoms with Gasteiger partial charge in [-0.3, -0.25) is 8.97 Å². The number of halogens is 1. The van der Waals surface area contributed by atoms with E-state index in [1.807, 2.05) is 44.1 Å². The Morgan fingerprint density at radius 2 is 2.12 bits per heavy atom. The Morgan fingerprint density at radius 1 is 1.28 bits per heavy atom. The number of hydrogen-bond acceptors (Lipinski definition) is 9. The van der Waals surface area contributed by atoms with Crippen LogP contribution in [-0.2, 0) is 14.2 Å². The molecule has 32 heavy (non-hydrogen) atoms. The van der Waals surface area contributed by atoms with Crippen LogP contribution < -0.4 is 4.74 Å². The first-order chi connectivity index (χ1) is 15.7. The number of nitrogens with zero attached hydrogens (tertiary/aromatic N) is 6. The molecule has 166 valence electrons. The molecule has 12 heteroatoms. The van der Waals surface area contributed by atoms with Crippen molar-refractivity contribution in [3.05, 3.63) is 53.5 Å². The lowest BCUT2D eigenvalue weighted by Gasteiger charge is -2.15. The van der Waals surface area contributed by atoms with E-state index in [-0.39, 0.29) is 18.9 Å². The quantitative estimate of drug-likeness (QED) is 0.262. The van der Waals surface area contributed by atoms with E-state index in [0.29, 0.717) is 42.3 Å². The highest BCUT2D eigenvalue weighted by molar-refractivity contribution is 14.1. The number of benzene rings is 1. The minimum atomic E-state index is -0.411. The van der Waals surface area contributed by atoms with Crippen molar-refractivity contribution >= 4 is 45.6 Å². The zero-order chi connectivity index (χ0) is 22.1. The van der Waals surface area contributed by atoms with Gasteiger partial charge in [0.1, 0.15) is 47.1 Å². The highest BCUT2D eigenvalue weighted by Gasteiger charge is 2.37. The van der Waals surface area contributed by atoms with Gasteiger partial charge in [-0.15, -0.1) is 4.91 Å². The lowest BCUT2D eigenvalue weighted by molar-refractivity contribution is -0.0347. The maximum absolute atomic E-state index is 10.6. The summed E-state index contributed by atoms with van der Waals surface area (Å²) in [6, 6.07) is 7.03. The number of aliphatic hydroxyl groups excluding tert-OH is 1. The van der Waals surface area contributed by atoms with Gasteiger partial charge in [-0.25, -0.2) is 9.97 Å². The molecule has 0 bridgehead atoms. The second-order valence-electron chi connectivity index (χ2n) is 7.37. The zero-order valence-corrected chi connectivity index (χ0v) is 18.9. The second-order valence-corrected chi connectivity index (χ2v) is 7.88. The van der Waals surface area contributed by atoms with Gasteiger partial charge >= 0.3 is 0 Å². The average molecular weight is 550 g/mol. The summed E-state index contributed by atoms with van der Waals surface area (Å²) in [6.07, 6.45) is 5.35. The molecule has 3 aromatic heterocycles. The highest BCUT2D eigenvalue weighted by Crippen LogP contribution is 2.35. The summed E-state index contributed by atoms with van der Waals surface area (Å²) in [4.78, 5) is 23.9. The van der Waals surface area contributed by atoms with Crippen LogP contribution in [0, 0.1) is 4.91 Å². The zero-order valence-electron chi connectivity index (χ0n) is 16.7. The molecule has 3 atom stereocenters. The third-order valence-electron chi connectivity index (χ3n) is 5.48. The van der Waals surface area contributed by atoms with Gasteiger partial charge in [-0.05, 0) is 22.9 Å². The van der Waals surface area contributed by atoms with Crippen LogP contribution in [0.15, 0.2) is 48.2 Å². The third kappa shape index (κ3) is 3.83. The minimum Gasteiger partial charge on any atom is -0.476 e. The molecule has 1 aliphatic rings. The van der Waals surface area contributed by atoms with E-state index in [2.05, 4.69) is 20.1 Å². The van der Waals surface area contributed by atoms with Crippen molar-refractivity contribution in [2.75, 3.05) is 13.2 Å². The molecule has 1 aliphatic heterocycles. The number of aromatic nitrogens is 5. The maximum atomic E-state index is 10.6. The molecule has 1 aromatic carbocycles. The molecule has 0 amide bonds. The molecule has 1 N–H and O–H groups in total. The molecule has 1 fully saturated rings. The summed E-state index contributed by atoms with van der Waals surface area (Å²) in [5.41, 5.74) is 2.72. The molecule has 0 saturated carbocycles. The fourth-order valence-corrected chi connectivity index (χ4v) is 4.40. The van der Waals surface area contributed by atoms with Gasteiger partial charge in [-0.1, -0.05) is 12.1 Å². The summed E-state index contributed by atoms with van der Waals surface area (Å²) in [7, 11) is 0. The van der Waals surface area contributed by atoms with Crippen molar-refractivity contribution in [2.24, 2.45) is 5.18 Å². The van der Waals surface area contributed by atoms with Crippen LogP contribution in [-0.4, -0.2) is 54.4 Å². The second kappa shape index (κ2) is 9.05. The van der Waals surface area contributed by atoms with E-state index in [0.717, 1.165) is 11.2 Å². The van der Waals surface area contributed by atoms with E-state index in [4.69, 9.17) is 12.5 Å². The van der Waals surface area contributed by atoms with E-state index >= 15 is 0 Å².